The summed E-state index contributed by atoms with van der Waals surface area (Å²) in [5, 5.41) is 19.4. The minimum Gasteiger partial charge on any atom is -0.507 e. The summed E-state index contributed by atoms with van der Waals surface area (Å²) in [5.41, 5.74) is 3.40. The van der Waals surface area contributed by atoms with Crippen LogP contribution in [0.5, 0.6) is 5.75 Å². The zero-order chi connectivity index (χ0) is 20.3. The summed E-state index contributed by atoms with van der Waals surface area (Å²) in [5.74, 6) is 0.201. The molecule has 0 aromatic heterocycles. The number of ether oxygens (including phenoxy) is 1. The van der Waals surface area contributed by atoms with Crippen molar-refractivity contribution in [2.75, 3.05) is 19.5 Å². The summed E-state index contributed by atoms with van der Waals surface area (Å²) in [6, 6.07) is 7.15. The first-order chi connectivity index (χ1) is 13.4. The van der Waals surface area contributed by atoms with Gasteiger partial charge >= 0.3 is 7.12 Å². The van der Waals surface area contributed by atoms with E-state index in [0.717, 1.165) is 28.7 Å². The molecule has 1 aromatic rings. The van der Waals surface area contributed by atoms with Crippen LogP contribution in [0.4, 0.5) is 0 Å². The third kappa shape index (κ3) is 4.51. The Kier molecular flexibility index (Phi) is 6.65. The van der Waals surface area contributed by atoms with E-state index in [4.69, 9.17) is 9.39 Å². The molecule has 152 valence electrons. The van der Waals surface area contributed by atoms with Crippen molar-refractivity contribution in [3.8, 4) is 5.75 Å². The molecule has 0 bridgehead atoms. The van der Waals surface area contributed by atoms with Gasteiger partial charge in [-0.25, -0.2) is 8.42 Å². The molecule has 28 heavy (non-hydrogen) atoms. The van der Waals surface area contributed by atoms with Crippen molar-refractivity contribution in [1.29, 1.82) is 0 Å². The second kappa shape index (κ2) is 8.82. The van der Waals surface area contributed by atoms with Crippen molar-refractivity contribution < 1.29 is 27.9 Å². The topological polar surface area (TPSA) is 93.1 Å². The predicted molar refractivity (Wildman–Crippen MR) is 110 cm³/mol. The highest BCUT2D eigenvalue weighted by Crippen LogP contribution is 2.39. The molecule has 1 fully saturated rings. The molecule has 2 atom stereocenters. The lowest BCUT2D eigenvalue weighted by atomic mass is 9.74. The molecule has 1 saturated heterocycles. The second-order valence-electron chi connectivity index (χ2n) is 7.36. The van der Waals surface area contributed by atoms with E-state index < -0.39 is 28.3 Å². The minimum atomic E-state index is -3.32. The summed E-state index contributed by atoms with van der Waals surface area (Å²) >= 11 is 0. The molecule has 0 spiro atoms. The fourth-order valence-electron chi connectivity index (χ4n) is 4.08. The largest absolute Gasteiger partial charge is 0.507 e. The van der Waals surface area contributed by atoms with Gasteiger partial charge in [0.25, 0.3) is 0 Å². The molecule has 0 aliphatic carbocycles. The lowest BCUT2D eigenvalue weighted by Crippen LogP contribution is -2.42. The number of hydrogen-bond acceptors (Lipinski definition) is 6. The van der Waals surface area contributed by atoms with E-state index in [9.17, 15) is 18.5 Å². The molecule has 2 aliphatic heterocycles. The molecule has 0 saturated carbocycles. The van der Waals surface area contributed by atoms with Crippen LogP contribution < -0.4 is 0 Å². The third-order valence-corrected chi connectivity index (χ3v) is 7.51. The van der Waals surface area contributed by atoms with Crippen molar-refractivity contribution in [3.05, 3.63) is 46.5 Å². The maximum Gasteiger partial charge on any atom is 0.456 e. The Bertz CT molecular complexity index is 876. The third-order valence-electron chi connectivity index (χ3n) is 5.44. The van der Waals surface area contributed by atoms with E-state index >= 15 is 0 Å². The summed E-state index contributed by atoms with van der Waals surface area (Å²) in [4.78, 5) is 0. The average Bonchev–Trinajstić information content (AvgIpc) is 2.90. The number of rotatable bonds is 7. The number of methoxy groups -OCH3 is 1. The van der Waals surface area contributed by atoms with Gasteiger partial charge in [0.2, 0.25) is 0 Å². The van der Waals surface area contributed by atoms with Crippen LogP contribution in [0, 0.1) is 0 Å². The maximum absolute atomic E-state index is 12.5. The number of sulfone groups is 1. The Labute approximate surface area is 166 Å². The van der Waals surface area contributed by atoms with E-state index in [1.165, 1.54) is 0 Å². The van der Waals surface area contributed by atoms with Crippen LogP contribution in [0.1, 0.15) is 31.7 Å². The first kappa shape index (κ1) is 21.1. The molecule has 1 aromatic carbocycles. The van der Waals surface area contributed by atoms with Crippen LogP contribution >= 0.6 is 0 Å². The number of fused-ring (bicyclic) bond motifs is 1. The summed E-state index contributed by atoms with van der Waals surface area (Å²) in [7, 11) is -2.86. The van der Waals surface area contributed by atoms with Crippen molar-refractivity contribution >= 4 is 23.0 Å². The van der Waals surface area contributed by atoms with Gasteiger partial charge < -0.3 is 19.5 Å². The molecule has 3 rings (SSSR count). The number of phenols is 1. The number of benzene rings is 1. The van der Waals surface area contributed by atoms with Crippen molar-refractivity contribution in [2.24, 2.45) is 0 Å². The zero-order valence-electron chi connectivity index (χ0n) is 16.3. The highest BCUT2D eigenvalue weighted by atomic mass is 32.2. The highest BCUT2D eigenvalue weighted by molar-refractivity contribution is 7.92. The van der Waals surface area contributed by atoms with Crippen molar-refractivity contribution in [1.82, 2.24) is 0 Å². The van der Waals surface area contributed by atoms with E-state index in [2.05, 4.69) is 0 Å². The molecule has 0 amide bonds. The lowest BCUT2D eigenvalue weighted by Gasteiger charge is -2.32. The monoisotopic (exact) mass is 406 g/mol. The van der Waals surface area contributed by atoms with Crippen LogP contribution in [-0.4, -0.2) is 56.5 Å². The molecule has 2 heterocycles. The number of para-hydroxylation sites is 1. The molecule has 0 unspecified atom stereocenters. The Morgan fingerprint density at radius 1 is 1.39 bits per heavy atom. The summed E-state index contributed by atoms with van der Waals surface area (Å²) in [6.07, 6.45) is 3.64. The quantitative estimate of drug-likeness (QED) is 0.534. The van der Waals surface area contributed by atoms with Crippen molar-refractivity contribution in [2.45, 2.75) is 43.9 Å². The van der Waals surface area contributed by atoms with Crippen LogP contribution in [-0.2, 0) is 19.2 Å². The summed E-state index contributed by atoms with van der Waals surface area (Å²) < 4.78 is 36.0. The average molecular weight is 406 g/mol. The molecule has 2 N–H and O–H groups in total. The van der Waals surface area contributed by atoms with Gasteiger partial charge in [-0.3, -0.25) is 0 Å². The highest BCUT2D eigenvalue weighted by Gasteiger charge is 2.48. The fraction of sp³-hybridized carbons (Fsp3) is 0.500. The predicted octanol–water partition coefficient (Wildman–Crippen LogP) is 2.59. The number of hydrogen-bond donors (Lipinski definition) is 2. The number of aromatic hydroxyl groups is 1. The fourth-order valence-corrected chi connectivity index (χ4v) is 6.18. The Hall–Kier alpha value is -1.61. The maximum atomic E-state index is 12.5. The Balaban J connectivity index is 1.81. The molecule has 2 aliphatic rings. The molecular formula is C20H27BO6S. The Morgan fingerprint density at radius 2 is 2.14 bits per heavy atom. The molecule has 8 heteroatoms. The van der Waals surface area contributed by atoms with E-state index in [0.29, 0.717) is 12.8 Å². The van der Waals surface area contributed by atoms with Gasteiger partial charge in [-0.1, -0.05) is 36.8 Å². The molecule has 6 nitrogen and oxygen atoms in total. The number of allylic oxidation sites excluding steroid dienone is 1. The van der Waals surface area contributed by atoms with Gasteiger partial charge in [-0.15, -0.1) is 0 Å². The van der Waals surface area contributed by atoms with Gasteiger partial charge in [0.1, 0.15) is 5.75 Å². The van der Waals surface area contributed by atoms with Gasteiger partial charge in [-0.2, -0.15) is 0 Å². The molecule has 0 radical (unpaired) electrons. The van der Waals surface area contributed by atoms with Crippen LogP contribution in [0.2, 0.25) is 6.32 Å². The molecular weight excluding hydrogens is 379 g/mol. The second-order valence-corrected chi connectivity index (χ2v) is 9.54. The van der Waals surface area contributed by atoms with Gasteiger partial charge in [-0.05, 0) is 36.5 Å². The van der Waals surface area contributed by atoms with Crippen LogP contribution in [0.3, 0.4) is 0 Å². The number of phenolic OH excluding ortho intramolecular Hbond substituents is 1. The first-order valence-corrected chi connectivity index (χ1v) is 11.3. The van der Waals surface area contributed by atoms with Crippen molar-refractivity contribution in [3.63, 3.8) is 0 Å². The first-order valence-electron chi connectivity index (χ1n) is 9.59. The van der Waals surface area contributed by atoms with Crippen LogP contribution in [0.25, 0.3) is 6.08 Å². The van der Waals surface area contributed by atoms with E-state index in [1.54, 1.807) is 19.2 Å². The minimum absolute atomic E-state index is 0.0260. The van der Waals surface area contributed by atoms with Gasteiger partial charge in [0.05, 0.1) is 23.7 Å². The van der Waals surface area contributed by atoms with Crippen LogP contribution in [0.15, 0.2) is 41.0 Å². The lowest BCUT2D eigenvalue weighted by molar-refractivity contribution is 0.166. The standard InChI is InChI=1S/C20H27BO6S/c1-3-14(10-15-6-4-5-7-17(15)22)8-9-18-20-16(12-26-2)13-28(24,25)19(20)11-21(23)27-18/h4-7,10,18-19,22-23H,3,8-9,11-13H2,1-2H3/b14-10+/t18-,19+/m1/s1. The SMILES string of the molecule is CC/C(=C\c1ccccc1O)CC[C@H]1OB(O)C[C@H]2C1=C(COC)CS2(=O)=O. The normalized spacial score (nSPS) is 24.5. The van der Waals surface area contributed by atoms with E-state index in [1.807, 2.05) is 25.1 Å². The van der Waals surface area contributed by atoms with Gasteiger partial charge in [0, 0.05) is 19.0 Å². The van der Waals surface area contributed by atoms with Gasteiger partial charge in [0.15, 0.2) is 9.84 Å². The smallest absolute Gasteiger partial charge is 0.456 e. The Morgan fingerprint density at radius 3 is 2.82 bits per heavy atom. The van der Waals surface area contributed by atoms with E-state index in [-0.39, 0.29) is 24.4 Å². The summed E-state index contributed by atoms with van der Waals surface area (Å²) in [6.45, 7) is 2.30. The zero-order valence-corrected chi connectivity index (χ0v) is 17.1.